The summed E-state index contributed by atoms with van der Waals surface area (Å²) in [5.74, 6) is -0.118. The molecule has 0 saturated heterocycles. The zero-order valence-electron chi connectivity index (χ0n) is 16.6. The van der Waals surface area contributed by atoms with Crippen LogP contribution in [0.25, 0.3) is 0 Å². The summed E-state index contributed by atoms with van der Waals surface area (Å²) >= 11 is 8.22. The van der Waals surface area contributed by atoms with Crippen molar-refractivity contribution in [3.63, 3.8) is 0 Å². The Morgan fingerprint density at radius 3 is 2.66 bits per heavy atom. The molecule has 0 bridgehead atoms. The van der Waals surface area contributed by atoms with Crippen LogP contribution in [0.2, 0.25) is 5.02 Å². The fraction of sp³-hybridized carbons (Fsp3) is 0.364. The average Bonchev–Trinajstić information content (AvgIpc) is 3.06. The van der Waals surface area contributed by atoms with Crippen LogP contribution in [0.4, 0.5) is 4.39 Å². The largest absolute Gasteiger partial charge is 0.598 e. The molecule has 29 heavy (non-hydrogen) atoms. The molecule has 2 aromatic carbocycles. The summed E-state index contributed by atoms with van der Waals surface area (Å²) in [5.41, 5.74) is 0.806. The van der Waals surface area contributed by atoms with E-state index < -0.39 is 27.5 Å². The Morgan fingerprint density at radius 2 is 2.07 bits per heavy atom. The van der Waals surface area contributed by atoms with Crippen LogP contribution in [-0.4, -0.2) is 15.3 Å². The minimum absolute atomic E-state index is 0.0303. The average molecular weight is 501 g/mol. The van der Waals surface area contributed by atoms with Gasteiger partial charge in [-0.15, -0.1) is 11.3 Å². The van der Waals surface area contributed by atoms with Crippen molar-refractivity contribution in [1.82, 2.24) is 4.72 Å². The van der Waals surface area contributed by atoms with Crippen molar-refractivity contribution in [3.05, 3.63) is 75.5 Å². The summed E-state index contributed by atoms with van der Waals surface area (Å²) in [6.45, 7) is 9.60. The molecule has 2 aromatic rings. The minimum Gasteiger partial charge on any atom is -0.598 e. The lowest BCUT2D eigenvalue weighted by Gasteiger charge is -2.38. The van der Waals surface area contributed by atoms with E-state index in [0.717, 1.165) is 11.1 Å². The van der Waals surface area contributed by atoms with Gasteiger partial charge in [0.05, 0.1) is 5.02 Å². The van der Waals surface area contributed by atoms with Crippen LogP contribution >= 0.6 is 27.5 Å². The summed E-state index contributed by atoms with van der Waals surface area (Å²) < 4.78 is 37.0. The van der Waals surface area contributed by atoms with Crippen molar-refractivity contribution in [1.29, 1.82) is 0 Å². The van der Waals surface area contributed by atoms with Crippen molar-refractivity contribution in [2.24, 2.45) is 0 Å². The van der Waals surface area contributed by atoms with Crippen molar-refractivity contribution < 1.29 is 13.7 Å². The number of ether oxygens (including phenoxy) is 1. The predicted octanol–water partition coefficient (Wildman–Crippen LogP) is 6.07. The zero-order valence-corrected chi connectivity index (χ0v) is 19.8. The first-order valence-electron chi connectivity index (χ1n) is 9.30. The maximum atomic E-state index is 14.3. The smallest absolute Gasteiger partial charge is 0.158 e. The van der Waals surface area contributed by atoms with Gasteiger partial charge >= 0.3 is 0 Å². The molecular formula is C22H24BrClFNO2S. The van der Waals surface area contributed by atoms with Gasteiger partial charge in [0.25, 0.3) is 0 Å². The van der Waals surface area contributed by atoms with Crippen molar-refractivity contribution in [2.75, 3.05) is 0 Å². The molecule has 0 aromatic heterocycles. The van der Waals surface area contributed by atoms with Gasteiger partial charge in [-0.25, -0.2) is 4.39 Å². The van der Waals surface area contributed by atoms with E-state index in [1.165, 1.54) is 6.07 Å². The number of nitrogens with one attached hydrogen (secondary N) is 1. The van der Waals surface area contributed by atoms with Gasteiger partial charge in [0.15, 0.2) is 5.60 Å². The molecule has 1 aliphatic rings. The maximum Gasteiger partial charge on any atom is 0.158 e. The van der Waals surface area contributed by atoms with Crippen molar-refractivity contribution in [2.45, 2.75) is 50.0 Å². The first-order valence-corrected chi connectivity index (χ1v) is 11.6. The van der Waals surface area contributed by atoms with Crippen molar-refractivity contribution >= 4 is 38.9 Å². The quantitative estimate of drug-likeness (QED) is 0.297. The first kappa shape index (κ1) is 22.6. The summed E-state index contributed by atoms with van der Waals surface area (Å²) in [7, 11) is 0. The van der Waals surface area contributed by atoms with E-state index in [1.807, 2.05) is 51.1 Å². The number of hydrogen-bond acceptors (Lipinski definition) is 3. The second-order valence-electron chi connectivity index (χ2n) is 8.07. The maximum absolute atomic E-state index is 14.3. The van der Waals surface area contributed by atoms with E-state index in [0.29, 0.717) is 23.1 Å². The third-order valence-electron chi connectivity index (χ3n) is 4.99. The Balaban J connectivity index is 2.12. The lowest BCUT2D eigenvalue weighted by Crippen LogP contribution is -2.56. The highest BCUT2D eigenvalue weighted by Gasteiger charge is 2.50. The monoisotopic (exact) mass is 499 g/mol. The van der Waals surface area contributed by atoms with Gasteiger partial charge in [-0.2, -0.15) is 0 Å². The van der Waals surface area contributed by atoms with Gasteiger partial charge in [-0.3, -0.25) is 0 Å². The lowest BCUT2D eigenvalue weighted by atomic mass is 9.81. The fourth-order valence-electron chi connectivity index (χ4n) is 3.44. The summed E-state index contributed by atoms with van der Waals surface area (Å²) in [4.78, 5) is 0. The molecule has 0 aliphatic carbocycles. The summed E-state index contributed by atoms with van der Waals surface area (Å²) in [6, 6.07) is 10.7. The molecule has 0 fully saturated rings. The zero-order chi connectivity index (χ0) is 21.4. The molecule has 3 nitrogen and oxygen atoms in total. The number of hydrogen-bond donors (Lipinski definition) is 1. The highest BCUT2D eigenvalue weighted by Crippen LogP contribution is 2.49. The molecule has 3 atom stereocenters. The molecule has 1 aliphatic heterocycles. The molecule has 1 heterocycles. The number of benzene rings is 2. The van der Waals surface area contributed by atoms with Crippen molar-refractivity contribution in [3.8, 4) is 5.75 Å². The fourth-order valence-corrected chi connectivity index (χ4v) is 5.04. The van der Waals surface area contributed by atoms with Gasteiger partial charge in [0.1, 0.15) is 22.4 Å². The molecule has 0 radical (unpaired) electrons. The topological polar surface area (TPSA) is 44.3 Å². The van der Waals surface area contributed by atoms with E-state index in [1.54, 1.807) is 6.08 Å². The SMILES string of the molecule is C=CCC(N[S@+]([O-])C(C)(C)C)C1(c2ccccc2)Cc2c(cc(F)c(Cl)c2Br)O1. The summed E-state index contributed by atoms with van der Waals surface area (Å²) in [6.07, 6.45) is 2.73. The van der Waals surface area contributed by atoms with E-state index in [-0.39, 0.29) is 11.1 Å². The second kappa shape index (κ2) is 8.60. The molecule has 0 amide bonds. The minimum atomic E-state index is -1.33. The molecule has 3 rings (SSSR count). The predicted molar refractivity (Wildman–Crippen MR) is 121 cm³/mol. The number of rotatable bonds is 6. The van der Waals surface area contributed by atoms with Gasteiger partial charge < -0.3 is 9.29 Å². The summed E-state index contributed by atoms with van der Waals surface area (Å²) in [5, 5.41) is 0.0303. The standard InChI is InChI=1S/C22H24BrClFNO2S/c1-5-9-18(26-29(27)21(2,3)4)22(14-10-7-6-8-11-14)13-15-17(28-22)12-16(25)20(24)19(15)23/h5-8,10-12,18,26H,1,9,13H2,2-4H3/t18?,22?,29-/m1/s1. The molecule has 156 valence electrons. The number of fused-ring (bicyclic) bond motifs is 1. The number of halogens is 3. The molecule has 7 heteroatoms. The molecular weight excluding hydrogens is 477 g/mol. The van der Waals surface area contributed by atoms with Crippen LogP contribution in [0.3, 0.4) is 0 Å². The molecule has 0 spiro atoms. The third kappa shape index (κ3) is 4.37. The highest BCUT2D eigenvalue weighted by molar-refractivity contribution is 9.10. The van der Waals surface area contributed by atoms with Gasteiger partial charge in [0, 0.05) is 33.9 Å². The Hall–Kier alpha value is -1.05. The van der Waals surface area contributed by atoms with Gasteiger partial charge in [-0.05, 0) is 48.7 Å². The van der Waals surface area contributed by atoms with E-state index >= 15 is 0 Å². The second-order valence-corrected chi connectivity index (χ2v) is 11.2. The van der Waals surface area contributed by atoms with Crippen LogP contribution in [0.15, 0.2) is 53.5 Å². The molecule has 0 saturated carbocycles. The van der Waals surface area contributed by atoms with Crippen LogP contribution < -0.4 is 9.46 Å². The van der Waals surface area contributed by atoms with Crippen LogP contribution in [-0.2, 0) is 23.4 Å². The van der Waals surface area contributed by atoms with E-state index in [9.17, 15) is 8.94 Å². The van der Waals surface area contributed by atoms with Crippen LogP contribution in [0, 0.1) is 5.82 Å². The molecule has 2 unspecified atom stereocenters. The van der Waals surface area contributed by atoms with E-state index in [2.05, 4.69) is 27.2 Å². The van der Waals surface area contributed by atoms with E-state index in [4.69, 9.17) is 16.3 Å². The highest BCUT2D eigenvalue weighted by atomic mass is 79.9. The van der Waals surface area contributed by atoms with Crippen LogP contribution in [0.5, 0.6) is 5.75 Å². The Kier molecular flexibility index (Phi) is 6.71. The van der Waals surface area contributed by atoms with Crippen LogP contribution in [0.1, 0.15) is 38.3 Å². The Morgan fingerprint density at radius 1 is 1.41 bits per heavy atom. The van der Waals surface area contributed by atoms with Gasteiger partial charge in [0.2, 0.25) is 0 Å². The molecule has 1 N–H and O–H groups in total. The first-order chi connectivity index (χ1) is 13.6. The third-order valence-corrected chi connectivity index (χ3v) is 8.07. The Bertz CT molecular complexity index is 906. The normalized spacial score (nSPS) is 20.7. The lowest BCUT2D eigenvalue weighted by molar-refractivity contribution is 0.0560. The Labute approximate surface area is 188 Å². The van der Waals surface area contributed by atoms with Gasteiger partial charge in [-0.1, -0.05) is 48.0 Å².